The summed E-state index contributed by atoms with van der Waals surface area (Å²) in [6.07, 6.45) is 0. The smallest absolute Gasteiger partial charge is 0.262 e. The van der Waals surface area contributed by atoms with Crippen LogP contribution in [-0.4, -0.2) is 19.6 Å². The van der Waals surface area contributed by atoms with Crippen LogP contribution in [0.2, 0.25) is 0 Å². The Hall–Kier alpha value is -2.01. The highest BCUT2D eigenvalue weighted by Gasteiger charge is 2.06. The van der Waals surface area contributed by atoms with Crippen molar-refractivity contribution in [3.05, 3.63) is 52.5 Å². The number of hydrogen-bond acceptors (Lipinski definition) is 3. The number of amides is 1. The Kier molecular flexibility index (Phi) is 5.22. The van der Waals surface area contributed by atoms with Crippen LogP contribution in [-0.2, 0) is 4.79 Å². The van der Waals surface area contributed by atoms with Gasteiger partial charge in [0.1, 0.15) is 5.75 Å². The van der Waals surface area contributed by atoms with Crippen LogP contribution in [0, 0.1) is 6.92 Å². The molecule has 1 amide bonds. The van der Waals surface area contributed by atoms with Gasteiger partial charge in [0.2, 0.25) is 0 Å². The van der Waals surface area contributed by atoms with Crippen molar-refractivity contribution in [3.8, 4) is 5.75 Å². The molecule has 0 heterocycles. The molecule has 0 aliphatic rings. The van der Waals surface area contributed by atoms with Gasteiger partial charge in [-0.3, -0.25) is 4.79 Å². The maximum Gasteiger partial charge on any atom is 0.262 e. The Balaban J connectivity index is 1.89. The highest BCUT2D eigenvalue weighted by molar-refractivity contribution is 9.10. The number of ether oxygens (including phenoxy) is 1. The van der Waals surface area contributed by atoms with Crippen LogP contribution in [0.25, 0.3) is 0 Å². The van der Waals surface area contributed by atoms with Crippen LogP contribution in [0.3, 0.4) is 0 Å². The first-order valence-electron chi connectivity index (χ1n) is 6.55. The van der Waals surface area contributed by atoms with Crippen molar-refractivity contribution in [1.82, 2.24) is 0 Å². The molecule has 0 bridgehead atoms. The predicted molar refractivity (Wildman–Crippen MR) is 89.0 cm³/mol. The molecule has 110 valence electrons. The molecule has 0 aliphatic heterocycles. The summed E-state index contributed by atoms with van der Waals surface area (Å²) in [5, 5.41) is 5.86. The fourth-order valence-corrected chi connectivity index (χ4v) is 2.30. The number of carbonyl (C=O) groups excluding carboxylic acids is 1. The SMILES string of the molecule is CNc1ccc(OCC(=O)Nc2ccc(Br)cc2C)cc1. The summed E-state index contributed by atoms with van der Waals surface area (Å²) >= 11 is 3.39. The van der Waals surface area contributed by atoms with E-state index in [1.165, 1.54) is 0 Å². The fraction of sp³-hybridized carbons (Fsp3) is 0.188. The minimum atomic E-state index is -0.182. The molecule has 2 aromatic rings. The third-order valence-corrected chi connectivity index (χ3v) is 3.47. The summed E-state index contributed by atoms with van der Waals surface area (Å²) in [7, 11) is 1.85. The highest BCUT2D eigenvalue weighted by Crippen LogP contribution is 2.20. The van der Waals surface area contributed by atoms with Crippen LogP contribution < -0.4 is 15.4 Å². The number of halogens is 1. The number of rotatable bonds is 5. The molecule has 0 spiro atoms. The molecule has 2 rings (SSSR count). The van der Waals surface area contributed by atoms with Crippen molar-refractivity contribution in [3.63, 3.8) is 0 Å². The molecule has 0 unspecified atom stereocenters. The lowest BCUT2D eigenvalue weighted by atomic mass is 10.2. The molecule has 2 aromatic carbocycles. The van der Waals surface area contributed by atoms with Crippen molar-refractivity contribution in [2.24, 2.45) is 0 Å². The van der Waals surface area contributed by atoms with E-state index in [9.17, 15) is 4.79 Å². The molecule has 5 heteroatoms. The molecule has 0 fully saturated rings. The summed E-state index contributed by atoms with van der Waals surface area (Å²) in [5.74, 6) is 0.481. The van der Waals surface area contributed by atoms with Crippen molar-refractivity contribution in [2.45, 2.75) is 6.92 Å². The van der Waals surface area contributed by atoms with Gasteiger partial charge in [-0.15, -0.1) is 0 Å². The Morgan fingerprint density at radius 3 is 2.52 bits per heavy atom. The van der Waals surface area contributed by atoms with E-state index in [1.54, 1.807) is 0 Å². The minimum absolute atomic E-state index is 0.0194. The second kappa shape index (κ2) is 7.13. The average molecular weight is 349 g/mol. The lowest BCUT2D eigenvalue weighted by Crippen LogP contribution is -2.20. The zero-order valence-electron chi connectivity index (χ0n) is 11.9. The summed E-state index contributed by atoms with van der Waals surface area (Å²) in [4.78, 5) is 11.9. The van der Waals surface area contributed by atoms with Crippen molar-refractivity contribution in [2.75, 3.05) is 24.3 Å². The fourth-order valence-electron chi connectivity index (χ4n) is 1.82. The molecule has 0 aliphatic carbocycles. The molecule has 4 nitrogen and oxygen atoms in total. The number of nitrogens with one attached hydrogen (secondary N) is 2. The van der Waals surface area contributed by atoms with Gasteiger partial charge in [0.05, 0.1) is 0 Å². The van der Waals surface area contributed by atoms with Crippen LogP contribution in [0.15, 0.2) is 46.9 Å². The van der Waals surface area contributed by atoms with E-state index < -0.39 is 0 Å². The third-order valence-electron chi connectivity index (χ3n) is 2.98. The van der Waals surface area contributed by atoms with E-state index in [0.29, 0.717) is 5.75 Å². The number of aryl methyl sites for hydroxylation is 1. The first-order valence-corrected chi connectivity index (χ1v) is 7.34. The van der Waals surface area contributed by atoms with Crippen LogP contribution in [0.5, 0.6) is 5.75 Å². The van der Waals surface area contributed by atoms with Gasteiger partial charge in [-0.25, -0.2) is 0 Å². The highest BCUT2D eigenvalue weighted by atomic mass is 79.9. The van der Waals surface area contributed by atoms with E-state index in [2.05, 4.69) is 26.6 Å². The number of anilines is 2. The average Bonchev–Trinajstić information content (AvgIpc) is 2.48. The molecular formula is C16H17BrN2O2. The Morgan fingerprint density at radius 1 is 1.19 bits per heavy atom. The third kappa shape index (κ3) is 4.49. The molecule has 0 atom stereocenters. The van der Waals surface area contributed by atoms with E-state index >= 15 is 0 Å². The monoisotopic (exact) mass is 348 g/mol. The maximum absolute atomic E-state index is 11.9. The lowest BCUT2D eigenvalue weighted by molar-refractivity contribution is -0.118. The van der Waals surface area contributed by atoms with Crippen LogP contribution in [0.4, 0.5) is 11.4 Å². The molecular weight excluding hydrogens is 332 g/mol. The summed E-state index contributed by atoms with van der Waals surface area (Å²) in [6.45, 7) is 1.92. The van der Waals surface area contributed by atoms with Crippen molar-refractivity contribution < 1.29 is 9.53 Å². The maximum atomic E-state index is 11.9. The van der Waals surface area contributed by atoms with Gasteiger partial charge in [0.15, 0.2) is 6.61 Å². The van der Waals surface area contributed by atoms with Gasteiger partial charge in [0, 0.05) is 22.9 Å². The van der Waals surface area contributed by atoms with E-state index in [4.69, 9.17) is 4.74 Å². The van der Waals surface area contributed by atoms with Gasteiger partial charge in [-0.2, -0.15) is 0 Å². The molecule has 0 saturated carbocycles. The quantitative estimate of drug-likeness (QED) is 0.863. The zero-order valence-corrected chi connectivity index (χ0v) is 13.5. The van der Waals surface area contributed by atoms with Gasteiger partial charge in [-0.1, -0.05) is 15.9 Å². The van der Waals surface area contributed by atoms with Crippen molar-refractivity contribution >= 4 is 33.2 Å². The van der Waals surface area contributed by atoms with E-state index in [0.717, 1.165) is 21.4 Å². The molecule has 0 saturated heterocycles. The standard InChI is InChI=1S/C16H17BrN2O2/c1-11-9-12(17)3-8-15(11)19-16(20)10-21-14-6-4-13(18-2)5-7-14/h3-9,18H,10H2,1-2H3,(H,19,20). The molecule has 2 N–H and O–H groups in total. The Labute approximate surface area is 132 Å². The lowest BCUT2D eigenvalue weighted by Gasteiger charge is -2.10. The van der Waals surface area contributed by atoms with Gasteiger partial charge >= 0.3 is 0 Å². The van der Waals surface area contributed by atoms with Gasteiger partial charge in [-0.05, 0) is 55.0 Å². The molecule has 0 aromatic heterocycles. The van der Waals surface area contributed by atoms with Crippen molar-refractivity contribution in [1.29, 1.82) is 0 Å². The second-order valence-corrected chi connectivity index (χ2v) is 5.49. The largest absolute Gasteiger partial charge is 0.484 e. The normalized spacial score (nSPS) is 10.0. The summed E-state index contributed by atoms with van der Waals surface area (Å²) in [6, 6.07) is 13.1. The first kappa shape index (κ1) is 15.4. The number of hydrogen-bond donors (Lipinski definition) is 2. The topological polar surface area (TPSA) is 50.4 Å². The molecule has 0 radical (unpaired) electrons. The first-order chi connectivity index (χ1) is 10.1. The summed E-state index contributed by atoms with van der Waals surface area (Å²) < 4.78 is 6.44. The predicted octanol–water partition coefficient (Wildman–Crippen LogP) is 3.82. The Bertz CT molecular complexity index is 627. The van der Waals surface area contributed by atoms with E-state index in [-0.39, 0.29) is 12.5 Å². The number of carbonyl (C=O) groups is 1. The van der Waals surface area contributed by atoms with Crippen LogP contribution >= 0.6 is 15.9 Å². The molecule has 21 heavy (non-hydrogen) atoms. The second-order valence-electron chi connectivity index (χ2n) is 4.57. The van der Waals surface area contributed by atoms with E-state index in [1.807, 2.05) is 56.4 Å². The minimum Gasteiger partial charge on any atom is -0.484 e. The number of benzene rings is 2. The Morgan fingerprint density at radius 2 is 1.90 bits per heavy atom. The summed E-state index contributed by atoms with van der Waals surface area (Å²) in [5.41, 5.74) is 2.78. The van der Waals surface area contributed by atoms with Gasteiger partial charge in [0.25, 0.3) is 5.91 Å². The van der Waals surface area contributed by atoms with Gasteiger partial charge < -0.3 is 15.4 Å². The van der Waals surface area contributed by atoms with Crippen LogP contribution in [0.1, 0.15) is 5.56 Å². The zero-order chi connectivity index (χ0) is 15.2.